The van der Waals surface area contributed by atoms with Crippen LogP contribution in [0, 0.1) is 13.8 Å². The molecule has 59 valence electrons. The normalized spacial score (nSPS) is 10.6. The van der Waals surface area contributed by atoms with Gasteiger partial charge in [0.15, 0.2) is 0 Å². The van der Waals surface area contributed by atoms with Gasteiger partial charge in [-0.3, -0.25) is 0 Å². The molecule has 0 heterocycles. The van der Waals surface area contributed by atoms with Gasteiger partial charge in [-0.1, -0.05) is 35.0 Å². The summed E-state index contributed by atoms with van der Waals surface area (Å²) < 4.78 is 1.17. The number of rotatable bonds is 1. The molecule has 0 aliphatic heterocycles. The van der Waals surface area contributed by atoms with E-state index in [1.54, 1.807) is 0 Å². The van der Waals surface area contributed by atoms with E-state index >= 15 is 0 Å². The van der Waals surface area contributed by atoms with Crippen molar-refractivity contribution in [1.82, 2.24) is 0 Å². The second-order valence-electron chi connectivity index (χ2n) is 2.91. The van der Waals surface area contributed by atoms with E-state index < -0.39 is 0 Å². The molecule has 0 aliphatic carbocycles. The van der Waals surface area contributed by atoms with E-state index in [2.05, 4.69) is 54.9 Å². The fourth-order valence-corrected chi connectivity index (χ4v) is 1.31. The first kappa shape index (κ1) is 8.79. The maximum absolute atomic E-state index is 3.96. The maximum atomic E-state index is 3.96. The Labute approximate surface area is 76.8 Å². The first-order valence-corrected chi connectivity index (χ1v) is 4.49. The lowest BCUT2D eigenvalue weighted by atomic mass is 10.0. The number of halogens is 1. The van der Waals surface area contributed by atoms with Crippen molar-refractivity contribution in [1.29, 1.82) is 0 Å². The number of aryl methyl sites for hydroxylation is 1. The Balaban J connectivity index is 3.05. The van der Waals surface area contributed by atoms with Crippen LogP contribution in [0.3, 0.4) is 0 Å². The highest BCUT2D eigenvalue weighted by molar-refractivity contribution is 9.10. The van der Waals surface area contributed by atoms with Crippen molar-refractivity contribution in [2.24, 2.45) is 0 Å². The van der Waals surface area contributed by atoms with Crippen LogP contribution in [0.4, 0.5) is 0 Å². The van der Waals surface area contributed by atoms with E-state index in [1.165, 1.54) is 15.6 Å². The van der Waals surface area contributed by atoms with E-state index in [0.29, 0.717) is 5.92 Å². The molecule has 1 atom stereocenters. The van der Waals surface area contributed by atoms with Crippen molar-refractivity contribution in [3.8, 4) is 0 Å². The van der Waals surface area contributed by atoms with Crippen LogP contribution in [-0.2, 0) is 0 Å². The average molecular weight is 212 g/mol. The summed E-state index contributed by atoms with van der Waals surface area (Å²) in [6.07, 6.45) is 0. The van der Waals surface area contributed by atoms with Crippen LogP contribution in [0.25, 0.3) is 0 Å². The minimum atomic E-state index is 0.367. The Hall–Kier alpha value is -0.300. The zero-order valence-electron chi connectivity index (χ0n) is 6.89. The van der Waals surface area contributed by atoms with Crippen LogP contribution in [0.1, 0.15) is 24.0 Å². The van der Waals surface area contributed by atoms with E-state index in [0.717, 1.165) is 0 Å². The molecular weight excluding hydrogens is 200 g/mol. The molecular formula is C10H12Br. The molecule has 1 aromatic rings. The molecule has 0 saturated carbocycles. The second kappa shape index (κ2) is 3.40. The summed E-state index contributed by atoms with van der Waals surface area (Å²) in [6, 6.07) is 6.37. The highest BCUT2D eigenvalue weighted by Gasteiger charge is 2.00. The zero-order chi connectivity index (χ0) is 8.43. The first-order chi connectivity index (χ1) is 5.11. The van der Waals surface area contributed by atoms with Gasteiger partial charge >= 0.3 is 0 Å². The molecule has 0 nitrogen and oxygen atoms in total. The second-order valence-corrected chi connectivity index (χ2v) is 3.76. The molecule has 0 fully saturated rings. The number of benzene rings is 1. The third kappa shape index (κ3) is 2.06. The standard InChI is InChI=1S/C10H12Br/c1-7(2)9-5-4-8(3)10(11)6-9/h4-7H,1H2,2-3H3. The smallest absolute Gasteiger partial charge is 0.0207 e. The van der Waals surface area contributed by atoms with Gasteiger partial charge in [0, 0.05) is 4.47 Å². The van der Waals surface area contributed by atoms with Gasteiger partial charge in [0.05, 0.1) is 0 Å². The van der Waals surface area contributed by atoms with E-state index in [4.69, 9.17) is 0 Å². The molecule has 0 amide bonds. The van der Waals surface area contributed by atoms with Crippen LogP contribution in [0.2, 0.25) is 0 Å². The topological polar surface area (TPSA) is 0 Å². The Morgan fingerprint density at radius 1 is 1.45 bits per heavy atom. The Morgan fingerprint density at radius 3 is 2.55 bits per heavy atom. The quantitative estimate of drug-likeness (QED) is 0.665. The third-order valence-electron chi connectivity index (χ3n) is 1.76. The summed E-state index contributed by atoms with van der Waals surface area (Å²) in [5.41, 5.74) is 2.55. The van der Waals surface area contributed by atoms with Crippen LogP contribution in [-0.4, -0.2) is 0 Å². The predicted octanol–water partition coefficient (Wildman–Crippen LogP) is 3.70. The summed E-state index contributed by atoms with van der Waals surface area (Å²) in [7, 11) is 0. The van der Waals surface area contributed by atoms with Gasteiger partial charge in [0.1, 0.15) is 0 Å². The molecule has 0 aromatic heterocycles. The molecule has 1 heteroatoms. The van der Waals surface area contributed by atoms with Gasteiger partial charge in [-0.05, 0) is 37.0 Å². The van der Waals surface area contributed by atoms with Crippen molar-refractivity contribution in [2.75, 3.05) is 0 Å². The lowest BCUT2D eigenvalue weighted by Crippen LogP contribution is -1.87. The van der Waals surface area contributed by atoms with Gasteiger partial charge in [-0.2, -0.15) is 0 Å². The van der Waals surface area contributed by atoms with Gasteiger partial charge < -0.3 is 0 Å². The molecule has 0 saturated heterocycles. The minimum Gasteiger partial charge on any atom is -0.0584 e. The summed E-state index contributed by atoms with van der Waals surface area (Å²) in [6.45, 7) is 8.14. The minimum absolute atomic E-state index is 0.367. The average Bonchev–Trinajstić information content (AvgIpc) is 1.94. The van der Waals surface area contributed by atoms with Crippen molar-refractivity contribution >= 4 is 15.9 Å². The van der Waals surface area contributed by atoms with Crippen molar-refractivity contribution < 1.29 is 0 Å². The van der Waals surface area contributed by atoms with Crippen molar-refractivity contribution in [3.63, 3.8) is 0 Å². The molecule has 0 spiro atoms. The molecule has 1 radical (unpaired) electrons. The van der Waals surface area contributed by atoms with Crippen molar-refractivity contribution in [3.05, 3.63) is 40.7 Å². The van der Waals surface area contributed by atoms with Crippen LogP contribution < -0.4 is 0 Å². The van der Waals surface area contributed by atoms with E-state index in [9.17, 15) is 0 Å². The summed E-state index contributed by atoms with van der Waals surface area (Å²) >= 11 is 3.49. The first-order valence-electron chi connectivity index (χ1n) is 3.70. The van der Waals surface area contributed by atoms with Crippen molar-refractivity contribution in [2.45, 2.75) is 19.8 Å². The molecule has 1 aromatic carbocycles. The summed E-state index contributed by atoms with van der Waals surface area (Å²) in [5, 5.41) is 0. The Morgan fingerprint density at radius 2 is 2.09 bits per heavy atom. The third-order valence-corrected chi connectivity index (χ3v) is 2.62. The number of hydrogen-bond donors (Lipinski definition) is 0. The summed E-state index contributed by atoms with van der Waals surface area (Å²) in [5.74, 6) is 0.367. The van der Waals surface area contributed by atoms with Crippen LogP contribution in [0.15, 0.2) is 22.7 Å². The largest absolute Gasteiger partial charge is 0.0584 e. The fraction of sp³-hybridized carbons (Fsp3) is 0.300. The Kier molecular flexibility index (Phi) is 2.72. The lowest BCUT2D eigenvalue weighted by Gasteiger charge is -2.06. The van der Waals surface area contributed by atoms with Crippen LogP contribution >= 0.6 is 15.9 Å². The lowest BCUT2D eigenvalue weighted by molar-refractivity contribution is 0.961. The van der Waals surface area contributed by atoms with Gasteiger partial charge in [0.2, 0.25) is 0 Å². The molecule has 1 unspecified atom stereocenters. The SMILES string of the molecule is [CH2]C(C)c1ccc(C)c(Br)c1. The summed E-state index contributed by atoms with van der Waals surface area (Å²) in [4.78, 5) is 0. The highest BCUT2D eigenvalue weighted by atomic mass is 79.9. The molecule has 0 N–H and O–H groups in total. The molecule has 1 rings (SSSR count). The molecule has 0 aliphatic rings. The number of hydrogen-bond acceptors (Lipinski definition) is 0. The van der Waals surface area contributed by atoms with Gasteiger partial charge in [-0.25, -0.2) is 0 Å². The maximum Gasteiger partial charge on any atom is 0.0207 e. The fourth-order valence-electron chi connectivity index (χ4n) is 0.916. The Bertz CT molecular complexity index is 251. The molecule has 0 bridgehead atoms. The van der Waals surface area contributed by atoms with Gasteiger partial charge in [0.25, 0.3) is 0 Å². The van der Waals surface area contributed by atoms with E-state index in [1.807, 2.05) is 0 Å². The zero-order valence-corrected chi connectivity index (χ0v) is 8.48. The monoisotopic (exact) mass is 211 g/mol. The van der Waals surface area contributed by atoms with Crippen LogP contribution in [0.5, 0.6) is 0 Å². The predicted molar refractivity (Wildman–Crippen MR) is 52.7 cm³/mol. The highest BCUT2D eigenvalue weighted by Crippen LogP contribution is 2.21. The molecule has 11 heavy (non-hydrogen) atoms. The van der Waals surface area contributed by atoms with E-state index in [-0.39, 0.29) is 0 Å². The van der Waals surface area contributed by atoms with Gasteiger partial charge in [-0.15, -0.1) is 0 Å².